The molecule has 0 bridgehead atoms. The minimum atomic E-state index is 0.295. The van der Waals surface area contributed by atoms with Gasteiger partial charge in [-0.3, -0.25) is 4.90 Å². The van der Waals surface area contributed by atoms with Crippen LogP contribution in [0.25, 0.3) is 0 Å². The maximum Gasteiger partial charge on any atom is 0.224 e. The lowest BCUT2D eigenvalue weighted by atomic mass is 10.2. The molecule has 0 aromatic carbocycles. The summed E-state index contributed by atoms with van der Waals surface area (Å²) >= 11 is 5.74. The number of rotatable bonds is 3. The first kappa shape index (κ1) is 11.6. The number of halogens is 1. The van der Waals surface area contributed by atoms with Crippen LogP contribution in [0.15, 0.2) is 12.3 Å². The fraction of sp³-hybridized carbons (Fsp3) is 0.636. The lowest BCUT2D eigenvalue weighted by Gasteiger charge is -2.20. The normalized spacial score (nSPS) is 21.6. The lowest BCUT2D eigenvalue weighted by molar-refractivity contribution is 0.274. The monoisotopic (exact) mass is 240 g/mol. The fourth-order valence-corrected chi connectivity index (χ4v) is 2.15. The molecule has 5 heteroatoms. The highest BCUT2D eigenvalue weighted by Crippen LogP contribution is 2.16. The van der Waals surface area contributed by atoms with Crippen molar-refractivity contribution in [3.63, 3.8) is 0 Å². The number of nitrogens with one attached hydrogen (secondary N) is 1. The predicted molar refractivity (Wildman–Crippen MR) is 65.8 cm³/mol. The molecule has 0 spiro atoms. The van der Waals surface area contributed by atoms with Gasteiger partial charge in [0.15, 0.2) is 0 Å². The molecule has 1 fully saturated rings. The van der Waals surface area contributed by atoms with Crippen LogP contribution in [-0.4, -0.2) is 40.0 Å². The van der Waals surface area contributed by atoms with Gasteiger partial charge in [0.2, 0.25) is 5.28 Å². The quantitative estimate of drug-likeness (QED) is 0.821. The summed E-state index contributed by atoms with van der Waals surface area (Å²) in [5.74, 6) is 0.815. The van der Waals surface area contributed by atoms with Crippen molar-refractivity contribution >= 4 is 17.4 Å². The van der Waals surface area contributed by atoms with Gasteiger partial charge in [-0.15, -0.1) is 0 Å². The molecule has 1 aliphatic rings. The molecule has 1 saturated heterocycles. The third kappa shape index (κ3) is 2.83. The second-order valence-electron chi connectivity index (χ2n) is 4.43. The summed E-state index contributed by atoms with van der Waals surface area (Å²) in [5.41, 5.74) is 0. The molecule has 2 heterocycles. The smallest absolute Gasteiger partial charge is 0.224 e. The van der Waals surface area contributed by atoms with Crippen LogP contribution in [0.3, 0.4) is 0 Å². The number of hydrogen-bond donors (Lipinski definition) is 1. The van der Waals surface area contributed by atoms with Crippen LogP contribution in [-0.2, 0) is 0 Å². The summed E-state index contributed by atoms with van der Waals surface area (Å²) in [6.45, 7) is 6.67. The van der Waals surface area contributed by atoms with Crippen LogP contribution in [0, 0.1) is 0 Å². The number of likely N-dealkylation sites (tertiary alicyclic amines) is 1. The Hall–Kier alpha value is -0.870. The van der Waals surface area contributed by atoms with Crippen LogP contribution < -0.4 is 5.32 Å². The molecule has 4 nitrogen and oxygen atoms in total. The topological polar surface area (TPSA) is 41.0 Å². The predicted octanol–water partition coefficient (Wildman–Crippen LogP) is 2.02. The number of nitrogens with zero attached hydrogens (tertiary/aromatic N) is 3. The third-order valence-electron chi connectivity index (χ3n) is 2.93. The van der Waals surface area contributed by atoms with E-state index in [4.69, 9.17) is 11.6 Å². The highest BCUT2D eigenvalue weighted by molar-refractivity contribution is 6.28. The summed E-state index contributed by atoms with van der Waals surface area (Å²) in [7, 11) is 0. The molecular formula is C11H17ClN4. The third-order valence-corrected chi connectivity index (χ3v) is 3.11. The zero-order chi connectivity index (χ0) is 11.5. The van der Waals surface area contributed by atoms with Crippen molar-refractivity contribution in [1.29, 1.82) is 0 Å². The average Bonchev–Trinajstić information content (AvgIpc) is 2.66. The van der Waals surface area contributed by atoms with E-state index in [-0.39, 0.29) is 0 Å². The van der Waals surface area contributed by atoms with Gasteiger partial charge in [-0.05, 0) is 37.9 Å². The van der Waals surface area contributed by atoms with Gasteiger partial charge in [-0.25, -0.2) is 9.97 Å². The zero-order valence-electron chi connectivity index (χ0n) is 9.65. The van der Waals surface area contributed by atoms with Gasteiger partial charge in [-0.1, -0.05) is 0 Å². The van der Waals surface area contributed by atoms with E-state index in [0.29, 0.717) is 17.4 Å². The molecule has 0 unspecified atom stereocenters. The Kier molecular flexibility index (Phi) is 3.61. The van der Waals surface area contributed by atoms with E-state index in [9.17, 15) is 0 Å². The average molecular weight is 241 g/mol. The Morgan fingerprint density at radius 2 is 2.38 bits per heavy atom. The summed E-state index contributed by atoms with van der Waals surface area (Å²) in [5, 5.41) is 3.68. The van der Waals surface area contributed by atoms with Gasteiger partial charge in [-0.2, -0.15) is 0 Å². The molecule has 1 aromatic rings. The molecule has 1 aliphatic heterocycles. The van der Waals surface area contributed by atoms with Crippen molar-refractivity contribution in [2.24, 2.45) is 0 Å². The molecule has 0 aliphatic carbocycles. The first-order chi connectivity index (χ1) is 7.65. The fourth-order valence-electron chi connectivity index (χ4n) is 2.00. The Morgan fingerprint density at radius 3 is 3.00 bits per heavy atom. The molecule has 2 rings (SSSR count). The minimum absolute atomic E-state index is 0.295. The van der Waals surface area contributed by atoms with Gasteiger partial charge in [0, 0.05) is 31.4 Å². The van der Waals surface area contributed by atoms with E-state index in [1.807, 2.05) is 6.07 Å². The van der Waals surface area contributed by atoms with Crippen LogP contribution in [0.4, 0.5) is 5.82 Å². The largest absolute Gasteiger partial charge is 0.366 e. The molecule has 0 saturated carbocycles. The number of anilines is 1. The van der Waals surface area contributed by atoms with Crippen molar-refractivity contribution in [2.75, 3.05) is 18.4 Å². The highest BCUT2D eigenvalue weighted by Gasteiger charge is 2.24. The van der Waals surface area contributed by atoms with Crippen molar-refractivity contribution < 1.29 is 0 Å². The standard InChI is InChI=1S/C11H17ClN4/c1-8(2)16-6-4-9(7-16)14-10-3-5-13-11(12)15-10/h3,5,8-9H,4,6-7H2,1-2H3,(H,13,14,15)/t9-/m0/s1. The second-order valence-corrected chi connectivity index (χ2v) is 4.77. The zero-order valence-corrected chi connectivity index (χ0v) is 10.4. The van der Waals surface area contributed by atoms with E-state index >= 15 is 0 Å². The Morgan fingerprint density at radius 1 is 1.56 bits per heavy atom. The molecule has 1 atom stereocenters. The Bertz CT molecular complexity index is 356. The van der Waals surface area contributed by atoms with Crippen LogP contribution >= 0.6 is 11.6 Å². The van der Waals surface area contributed by atoms with Crippen molar-refractivity contribution in [1.82, 2.24) is 14.9 Å². The summed E-state index contributed by atoms with van der Waals surface area (Å²) in [6, 6.07) is 2.93. The van der Waals surface area contributed by atoms with Crippen molar-refractivity contribution in [3.05, 3.63) is 17.5 Å². The number of hydrogen-bond acceptors (Lipinski definition) is 4. The summed E-state index contributed by atoms with van der Waals surface area (Å²) < 4.78 is 0. The SMILES string of the molecule is CC(C)N1CC[C@H](Nc2ccnc(Cl)n2)C1. The van der Waals surface area contributed by atoms with Crippen LogP contribution in [0.5, 0.6) is 0 Å². The molecule has 16 heavy (non-hydrogen) atoms. The summed E-state index contributed by atoms with van der Waals surface area (Å²) in [4.78, 5) is 10.5. The van der Waals surface area contributed by atoms with Gasteiger partial charge in [0.25, 0.3) is 0 Å². The molecular weight excluding hydrogens is 224 g/mol. The van der Waals surface area contributed by atoms with E-state index in [0.717, 1.165) is 25.3 Å². The highest BCUT2D eigenvalue weighted by atomic mass is 35.5. The van der Waals surface area contributed by atoms with Crippen LogP contribution in [0.2, 0.25) is 5.28 Å². The molecule has 0 amide bonds. The van der Waals surface area contributed by atoms with E-state index in [1.165, 1.54) is 0 Å². The first-order valence-corrected chi connectivity index (χ1v) is 6.02. The maximum absolute atomic E-state index is 5.74. The van der Waals surface area contributed by atoms with Crippen molar-refractivity contribution in [2.45, 2.75) is 32.4 Å². The van der Waals surface area contributed by atoms with Gasteiger partial charge in [0.05, 0.1) is 0 Å². The van der Waals surface area contributed by atoms with E-state index in [2.05, 4.69) is 34.0 Å². The van der Waals surface area contributed by atoms with Crippen molar-refractivity contribution in [3.8, 4) is 0 Å². The summed E-state index contributed by atoms with van der Waals surface area (Å²) in [6.07, 6.45) is 2.83. The van der Waals surface area contributed by atoms with Crippen LogP contribution in [0.1, 0.15) is 20.3 Å². The lowest BCUT2D eigenvalue weighted by Crippen LogP contribution is -2.31. The Labute approximate surface area is 101 Å². The maximum atomic E-state index is 5.74. The molecule has 1 N–H and O–H groups in total. The second kappa shape index (κ2) is 4.97. The minimum Gasteiger partial charge on any atom is -0.366 e. The molecule has 1 aromatic heterocycles. The first-order valence-electron chi connectivity index (χ1n) is 5.64. The molecule has 0 radical (unpaired) electrons. The van der Waals surface area contributed by atoms with Gasteiger partial charge >= 0.3 is 0 Å². The Balaban J connectivity index is 1.92. The van der Waals surface area contributed by atoms with Gasteiger partial charge in [0.1, 0.15) is 5.82 Å². The van der Waals surface area contributed by atoms with Gasteiger partial charge < -0.3 is 5.32 Å². The van der Waals surface area contributed by atoms with E-state index in [1.54, 1.807) is 6.20 Å². The molecule has 88 valence electrons. The number of aromatic nitrogens is 2. The van der Waals surface area contributed by atoms with E-state index < -0.39 is 0 Å².